The van der Waals surface area contributed by atoms with E-state index in [0.29, 0.717) is 17.7 Å². The van der Waals surface area contributed by atoms with Crippen LogP contribution < -0.4 is 10.1 Å². The van der Waals surface area contributed by atoms with Crippen molar-refractivity contribution in [2.24, 2.45) is 0 Å². The van der Waals surface area contributed by atoms with Gasteiger partial charge in [0, 0.05) is 6.20 Å². The van der Waals surface area contributed by atoms with Crippen molar-refractivity contribution in [3.63, 3.8) is 0 Å². The molecule has 0 bridgehead atoms. The second-order valence-electron chi connectivity index (χ2n) is 3.34. The van der Waals surface area contributed by atoms with Gasteiger partial charge in [0.2, 0.25) is 0 Å². The molecule has 1 heterocycles. The molecule has 0 aliphatic carbocycles. The molecule has 1 amide bonds. The van der Waals surface area contributed by atoms with Gasteiger partial charge in [-0.15, -0.1) is 0 Å². The summed E-state index contributed by atoms with van der Waals surface area (Å²) in [6.45, 7) is 1.82. The number of nitrogens with one attached hydrogen (secondary N) is 1. The maximum Gasteiger partial charge on any atom is 0.255 e. The zero-order chi connectivity index (χ0) is 12.0. The topological polar surface area (TPSA) is 71.5 Å². The zero-order valence-corrected chi connectivity index (χ0v) is 9.43. The molecule has 5 nitrogen and oxygen atoms in total. The van der Waals surface area contributed by atoms with Crippen LogP contribution in [0.1, 0.15) is 23.7 Å². The van der Waals surface area contributed by atoms with Gasteiger partial charge >= 0.3 is 0 Å². The number of aliphatic hydroxyl groups is 1. The van der Waals surface area contributed by atoms with Gasteiger partial charge in [-0.05, 0) is 12.5 Å². The molecule has 0 spiro atoms. The summed E-state index contributed by atoms with van der Waals surface area (Å²) in [7, 11) is 1.48. The van der Waals surface area contributed by atoms with Crippen LogP contribution in [0.15, 0.2) is 18.5 Å². The van der Waals surface area contributed by atoms with Crippen LogP contribution in [0.25, 0.3) is 0 Å². The van der Waals surface area contributed by atoms with E-state index in [4.69, 9.17) is 9.84 Å². The average molecular weight is 224 g/mol. The molecular weight excluding hydrogens is 208 g/mol. The van der Waals surface area contributed by atoms with E-state index >= 15 is 0 Å². The van der Waals surface area contributed by atoms with E-state index in [1.807, 2.05) is 6.92 Å². The first-order chi connectivity index (χ1) is 7.72. The minimum atomic E-state index is -0.264. The summed E-state index contributed by atoms with van der Waals surface area (Å²) in [5.74, 6) is 0.160. The van der Waals surface area contributed by atoms with Crippen LogP contribution >= 0.6 is 0 Å². The number of aliphatic hydroxyl groups excluding tert-OH is 1. The molecule has 88 valence electrons. The van der Waals surface area contributed by atoms with Gasteiger partial charge in [-0.2, -0.15) is 0 Å². The molecule has 1 aromatic heterocycles. The molecule has 1 atom stereocenters. The lowest BCUT2D eigenvalue weighted by atomic mass is 10.2. The van der Waals surface area contributed by atoms with Crippen LogP contribution in [0.4, 0.5) is 0 Å². The maximum absolute atomic E-state index is 11.8. The summed E-state index contributed by atoms with van der Waals surface area (Å²) in [6.07, 6.45) is 3.68. The Morgan fingerprint density at radius 1 is 1.69 bits per heavy atom. The first-order valence-corrected chi connectivity index (χ1v) is 5.12. The monoisotopic (exact) mass is 224 g/mol. The van der Waals surface area contributed by atoms with E-state index in [1.165, 1.54) is 19.5 Å². The second-order valence-corrected chi connectivity index (χ2v) is 3.34. The molecule has 0 aromatic carbocycles. The molecule has 0 saturated carbocycles. The highest BCUT2D eigenvalue weighted by Crippen LogP contribution is 2.15. The van der Waals surface area contributed by atoms with Gasteiger partial charge in [-0.1, -0.05) is 6.92 Å². The van der Waals surface area contributed by atoms with E-state index in [9.17, 15) is 4.79 Å². The van der Waals surface area contributed by atoms with Crippen LogP contribution in [0, 0.1) is 0 Å². The fraction of sp³-hybridized carbons (Fsp3) is 0.455. The number of methoxy groups -OCH3 is 1. The van der Waals surface area contributed by atoms with Gasteiger partial charge in [0.05, 0.1) is 31.5 Å². The Hall–Kier alpha value is -1.62. The first kappa shape index (κ1) is 12.4. The number of nitrogens with zero attached hydrogens (tertiary/aromatic N) is 1. The number of hydrogen-bond donors (Lipinski definition) is 2. The summed E-state index contributed by atoms with van der Waals surface area (Å²) in [5, 5.41) is 11.7. The fourth-order valence-electron chi connectivity index (χ4n) is 1.27. The number of aromatic nitrogens is 1. The highest BCUT2D eigenvalue weighted by Gasteiger charge is 2.15. The van der Waals surface area contributed by atoms with Gasteiger partial charge in [0.15, 0.2) is 0 Å². The molecule has 0 aliphatic rings. The van der Waals surface area contributed by atoms with Crippen LogP contribution in [0.2, 0.25) is 0 Å². The lowest BCUT2D eigenvalue weighted by Crippen LogP contribution is -2.37. The van der Waals surface area contributed by atoms with Crippen molar-refractivity contribution >= 4 is 5.91 Å². The van der Waals surface area contributed by atoms with Crippen molar-refractivity contribution in [2.75, 3.05) is 13.7 Å². The molecular formula is C11H16N2O3. The third kappa shape index (κ3) is 2.93. The van der Waals surface area contributed by atoms with Crippen molar-refractivity contribution in [3.05, 3.63) is 24.0 Å². The number of rotatable bonds is 5. The Kier molecular flexibility index (Phi) is 4.72. The summed E-state index contributed by atoms with van der Waals surface area (Å²) < 4.78 is 5.03. The molecule has 0 unspecified atom stereocenters. The molecule has 2 N–H and O–H groups in total. The maximum atomic E-state index is 11.8. The number of carbonyl (C=O) groups is 1. The Balaban J connectivity index is 2.79. The van der Waals surface area contributed by atoms with Crippen molar-refractivity contribution < 1.29 is 14.6 Å². The van der Waals surface area contributed by atoms with E-state index in [2.05, 4.69) is 10.3 Å². The minimum absolute atomic E-state index is 0.0738. The molecule has 16 heavy (non-hydrogen) atoms. The lowest BCUT2D eigenvalue weighted by Gasteiger charge is -2.15. The normalized spacial score (nSPS) is 11.9. The summed E-state index contributed by atoms with van der Waals surface area (Å²) in [4.78, 5) is 15.7. The van der Waals surface area contributed by atoms with Crippen molar-refractivity contribution in [1.82, 2.24) is 10.3 Å². The quantitative estimate of drug-likeness (QED) is 0.768. The Bertz CT molecular complexity index is 351. The SMILES string of the molecule is CC[C@H](CO)NC(=O)c1ccncc1OC. The van der Waals surface area contributed by atoms with E-state index in [-0.39, 0.29) is 18.6 Å². The average Bonchev–Trinajstić information content (AvgIpc) is 2.35. The van der Waals surface area contributed by atoms with Crippen LogP contribution in [-0.2, 0) is 0 Å². The van der Waals surface area contributed by atoms with E-state index in [0.717, 1.165) is 0 Å². The zero-order valence-electron chi connectivity index (χ0n) is 9.43. The minimum Gasteiger partial charge on any atom is -0.494 e. The molecule has 0 aliphatic heterocycles. The predicted molar refractivity (Wildman–Crippen MR) is 59.4 cm³/mol. The van der Waals surface area contributed by atoms with Crippen LogP contribution in [0.5, 0.6) is 5.75 Å². The highest BCUT2D eigenvalue weighted by atomic mass is 16.5. The number of carbonyl (C=O) groups excluding carboxylic acids is 1. The lowest BCUT2D eigenvalue weighted by molar-refractivity contribution is 0.0911. The van der Waals surface area contributed by atoms with E-state index < -0.39 is 0 Å². The number of hydrogen-bond acceptors (Lipinski definition) is 4. The molecule has 5 heteroatoms. The third-order valence-corrected chi connectivity index (χ3v) is 2.30. The van der Waals surface area contributed by atoms with Crippen molar-refractivity contribution in [1.29, 1.82) is 0 Å². The third-order valence-electron chi connectivity index (χ3n) is 2.30. The number of amides is 1. The van der Waals surface area contributed by atoms with Crippen molar-refractivity contribution in [3.8, 4) is 5.75 Å². The van der Waals surface area contributed by atoms with Crippen molar-refractivity contribution in [2.45, 2.75) is 19.4 Å². The van der Waals surface area contributed by atoms with Gasteiger partial charge in [0.25, 0.3) is 5.91 Å². The predicted octanol–water partition coefficient (Wildman–Crippen LogP) is 0.591. The summed E-state index contributed by atoms with van der Waals surface area (Å²) in [5.41, 5.74) is 0.421. The van der Waals surface area contributed by atoms with Gasteiger partial charge in [0.1, 0.15) is 5.75 Å². The molecule has 0 radical (unpaired) electrons. The number of ether oxygens (including phenoxy) is 1. The molecule has 1 aromatic rings. The highest BCUT2D eigenvalue weighted by molar-refractivity contribution is 5.96. The summed E-state index contributed by atoms with van der Waals surface area (Å²) in [6, 6.07) is 1.35. The number of pyridine rings is 1. The van der Waals surface area contributed by atoms with Crippen LogP contribution in [0.3, 0.4) is 0 Å². The second kappa shape index (κ2) is 6.07. The standard InChI is InChI=1S/C11H16N2O3/c1-3-8(7-14)13-11(15)9-4-5-12-6-10(9)16-2/h4-6,8,14H,3,7H2,1-2H3,(H,13,15)/t8-/m1/s1. The Labute approximate surface area is 94.5 Å². The molecule has 0 saturated heterocycles. The van der Waals surface area contributed by atoms with Gasteiger partial charge in [-0.25, -0.2) is 0 Å². The molecule has 1 rings (SSSR count). The fourth-order valence-corrected chi connectivity index (χ4v) is 1.27. The smallest absolute Gasteiger partial charge is 0.255 e. The first-order valence-electron chi connectivity index (χ1n) is 5.12. The largest absolute Gasteiger partial charge is 0.494 e. The van der Waals surface area contributed by atoms with Crippen LogP contribution in [-0.4, -0.2) is 35.8 Å². The Morgan fingerprint density at radius 2 is 2.44 bits per heavy atom. The van der Waals surface area contributed by atoms with Gasteiger partial charge in [-0.3, -0.25) is 9.78 Å². The van der Waals surface area contributed by atoms with E-state index in [1.54, 1.807) is 6.07 Å². The van der Waals surface area contributed by atoms with Gasteiger partial charge < -0.3 is 15.2 Å². The summed E-state index contributed by atoms with van der Waals surface area (Å²) >= 11 is 0. The Morgan fingerprint density at radius 3 is 3.00 bits per heavy atom. The molecule has 0 fully saturated rings.